The Hall–Kier alpha value is -2.84. The van der Waals surface area contributed by atoms with Gasteiger partial charge in [-0.3, -0.25) is 4.90 Å². The fourth-order valence-corrected chi connectivity index (χ4v) is 5.88. The van der Waals surface area contributed by atoms with E-state index >= 15 is 0 Å². The van der Waals surface area contributed by atoms with Crippen molar-refractivity contribution in [3.8, 4) is 11.5 Å². The predicted molar refractivity (Wildman–Crippen MR) is 125 cm³/mol. The quantitative estimate of drug-likeness (QED) is 0.527. The van der Waals surface area contributed by atoms with E-state index in [4.69, 9.17) is 9.47 Å². The fourth-order valence-electron chi connectivity index (χ4n) is 4.66. The average molecular weight is 468 g/mol. The Morgan fingerprint density at radius 2 is 1.85 bits per heavy atom. The number of imidazole rings is 1. The van der Waals surface area contributed by atoms with E-state index in [0.717, 1.165) is 60.9 Å². The first-order chi connectivity index (χ1) is 16.0. The maximum atomic E-state index is 12.8. The van der Waals surface area contributed by atoms with Gasteiger partial charge in [0.1, 0.15) is 5.82 Å². The minimum Gasteiger partial charge on any atom is -0.454 e. The smallest absolute Gasteiger partial charge is 0.231 e. The largest absolute Gasteiger partial charge is 0.454 e. The maximum absolute atomic E-state index is 12.8. The van der Waals surface area contributed by atoms with Crippen LogP contribution in [0.4, 0.5) is 0 Å². The van der Waals surface area contributed by atoms with E-state index in [2.05, 4.69) is 16.0 Å². The summed E-state index contributed by atoms with van der Waals surface area (Å²) in [6.45, 7) is 5.42. The lowest BCUT2D eigenvalue weighted by molar-refractivity contribution is 0.169. The Labute approximate surface area is 194 Å². The highest BCUT2D eigenvalue weighted by atomic mass is 32.2. The van der Waals surface area contributed by atoms with Crippen LogP contribution < -0.4 is 9.47 Å². The van der Waals surface area contributed by atoms with Gasteiger partial charge in [-0.2, -0.15) is 0 Å². The molecular formula is C25H29N3O4S. The lowest BCUT2D eigenvalue weighted by Gasteiger charge is -2.32. The molecule has 2 aliphatic heterocycles. The molecular weight excluding hydrogens is 438 g/mol. The highest BCUT2D eigenvalue weighted by Gasteiger charge is 2.26. The highest BCUT2D eigenvalue weighted by molar-refractivity contribution is 7.91. The van der Waals surface area contributed by atoms with Crippen molar-refractivity contribution in [2.24, 2.45) is 0 Å². The van der Waals surface area contributed by atoms with Gasteiger partial charge in [-0.1, -0.05) is 29.8 Å². The molecule has 0 unspecified atom stereocenters. The number of piperidine rings is 1. The summed E-state index contributed by atoms with van der Waals surface area (Å²) in [5.74, 6) is 3.08. The number of hydrogen-bond acceptors (Lipinski definition) is 6. The lowest BCUT2D eigenvalue weighted by Crippen LogP contribution is -2.33. The number of benzene rings is 2. The van der Waals surface area contributed by atoms with Gasteiger partial charge in [0, 0.05) is 37.0 Å². The van der Waals surface area contributed by atoms with Gasteiger partial charge in [0.15, 0.2) is 21.3 Å². The molecule has 0 N–H and O–H groups in total. The number of nitrogens with zero attached hydrogens (tertiary/aromatic N) is 3. The van der Waals surface area contributed by atoms with Gasteiger partial charge in [0.2, 0.25) is 6.79 Å². The first-order valence-electron chi connectivity index (χ1n) is 11.4. The molecule has 1 fully saturated rings. The van der Waals surface area contributed by atoms with Crippen molar-refractivity contribution in [2.75, 3.05) is 25.6 Å². The van der Waals surface area contributed by atoms with Crippen molar-refractivity contribution in [3.05, 3.63) is 71.8 Å². The van der Waals surface area contributed by atoms with Gasteiger partial charge in [-0.25, -0.2) is 13.4 Å². The molecule has 1 aromatic heterocycles. The van der Waals surface area contributed by atoms with Gasteiger partial charge >= 0.3 is 0 Å². The second-order valence-corrected chi connectivity index (χ2v) is 10.9. The van der Waals surface area contributed by atoms with Crippen LogP contribution in [-0.2, 0) is 22.9 Å². The molecule has 33 heavy (non-hydrogen) atoms. The van der Waals surface area contributed by atoms with E-state index in [0.29, 0.717) is 17.4 Å². The molecule has 2 aromatic carbocycles. The molecule has 0 spiro atoms. The van der Waals surface area contributed by atoms with Crippen LogP contribution in [0, 0.1) is 6.92 Å². The monoisotopic (exact) mass is 467 g/mol. The highest BCUT2D eigenvalue weighted by Crippen LogP contribution is 2.37. The average Bonchev–Trinajstić information content (AvgIpc) is 3.49. The summed E-state index contributed by atoms with van der Waals surface area (Å²) in [6.07, 6.45) is 5.67. The zero-order valence-electron chi connectivity index (χ0n) is 18.8. The third kappa shape index (κ3) is 4.77. The summed E-state index contributed by atoms with van der Waals surface area (Å²) in [5, 5.41) is 0. The molecule has 7 nitrogen and oxygen atoms in total. The Balaban J connectivity index is 1.19. The normalized spacial score (nSPS) is 16.9. The maximum Gasteiger partial charge on any atom is 0.231 e. The van der Waals surface area contributed by atoms with Crippen molar-refractivity contribution in [1.82, 2.24) is 14.5 Å². The predicted octanol–water partition coefficient (Wildman–Crippen LogP) is 3.77. The van der Waals surface area contributed by atoms with E-state index in [1.54, 1.807) is 18.3 Å². The second kappa shape index (κ2) is 9.19. The first kappa shape index (κ1) is 22.0. The van der Waals surface area contributed by atoms with E-state index in [1.807, 2.05) is 42.0 Å². The molecule has 1 saturated heterocycles. The minimum absolute atomic E-state index is 0.0689. The minimum atomic E-state index is -3.33. The molecule has 174 valence electrons. The molecule has 0 amide bonds. The molecule has 3 heterocycles. The first-order valence-corrected chi connectivity index (χ1v) is 13.0. The van der Waals surface area contributed by atoms with Crippen LogP contribution in [0.1, 0.15) is 35.7 Å². The molecule has 0 bridgehead atoms. The zero-order chi connectivity index (χ0) is 22.8. The number of hydrogen-bond donors (Lipinski definition) is 0. The molecule has 8 heteroatoms. The number of sulfone groups is 1. The third-order valence-corrected chi connectivity index (χ3v) is 8.26. The lowest BCUT2D eigenvalue weighted by atomic mass is 9.95. The molecule has 5 rings (SSSR count). The van der Waals surface area contributed by atoms with Gasteiger partial charge in [0.05, 0.1) is 10.6 Å². The summed E-state index contributed by atoms with van der Waals surface area (Å²) < 4.78 is 38.7. The number of rotatable bonds is 7. The topological polar surface area (TPSA) is 73.7 Å². The Morgan fingerprint density at radius 1 is 1.06 bits per heavy atom. The van der Waals surface area contributed by atoms with Crippen LogP contribution in [-0.4, -0.2) is 48.5 Å². The molecule has 2 aliphatic rings. The Morgan fingerprint density at radius 3 is 2.64 bits per heavy atom. The van der Waals surface area contributed by atoms with E-state index in [1.165, 1.54) is 0 Å². The van der Waals surface area contributed by atoms with Crippen molar-refractivity contribution >= 4 is 9.84 Å². The molecule has 0 aliphatic carbocycles. The third-order valence-electron chi connectivity index (χ3n) is 6.55. The van der Waals surface area contributed by atoms with Crippen molar-refractivity contribution in [3.63, 3.8) is 0 Å². The van der Waals surface area contributed by atoms with Gasteiger partial charge in [-0.15, -0.1) is 0 Å². The van der Waals surface area contributed by atoms with Crippen LogP contribution >= 0.6 is 0 Å². The van der Waals surface area contributed by atoms with E-state index in [-0.39, 0.29) is 12.5 Å². The summed E-state index contributed by atoms with van der Waals surface area (Å²) in [5.41, 5.74) is 2.21. The van der Waals surface area contributed by atoms with Crippen LogP contribution in [0.15, 0.2) is 59.8 Å². The number of ether oxygens (including phenoxy) is 2. The van der Waals surface area contributed by atoms with Crippen LogP contribution in [0.25, 0.3) is 0 Å². The zero-order valence-corrected chi connectivity index (χ0v) is 19.6. The number of aryl methyl sites for hydroxylation is 2. The Kier molecular flexibility index (Phi) is 6.12. The van der Waals surface area contributed by atoms with Crippen LogP contribution in [0.3, 0.4) is 0 Å². The summed E-state index contributed by atoms with van der Waals surface area (Å²) in [4.78, 5) is 7.41. The van der Waals surface area contributed by atoms with Crippen molar-refractivity contribution in [1.29, 1.82) is 0 Å². The summed E-state index contributed by atoms with van der Waals surface area (Å²) >= 11 is 0. The molecule has 0 radical (unpaired) electrons. The summed E-state index contributed by atoms with van der Waals surface area (Å²) in [7, 11) is -3.33. The van der Waals surface area contributed by atoms with Crippen molar-refractivity contribution in [2.45, 2.75) is 43.7 Å². The Bertz CT molecular complexity index is 1210. The molecule has 0 atom stereocenters. The molecule has 3 aromatic rings. The summed E-state index contributed by atoms with van der Waals surface area (Å²) in [6, 6.07) is 13.1. The number of aromatic nitrogens is 2. The van der Waals surface area contributed by atoms with E-state index < -0.39 is 9.84 Å². The second-order valence-electron chi connectivity index (χ2n) is 8.81. The van der Waals surface area contributed by atoms with Crippen LogP contribution in [0.5, 0.6) is 11.5 Å². The van der Waals surface area contributed by atoms with Crippen molar-refractivity contribution < 1.29 is 17.9 Å². The molecule has 0 saturated carbocycles. The van der Waals surface area contributed by atoms with Gasteiger partial charge < -0.3 is 14.0 Å². The number of fused-ring (bicyclic) bond motifs is 1. The number of para-hydroxylation sites is 1. The van der Waals surface area contributed by atoms with Gasteiger partial charge in [-0.05, 0) is 51.1 Å². The van der Waals surface area contributed by atoms with Gasteiger partial charge in [0.25, 0.3) is 0 Å². The van der Waals surface area contributed by atoms with E-state index in [9.17, 15) is 8.42 Å². The number of likely N-dealkylation sites (tertiary alicyclic amines) is 1. The van der Waals surface area contributed by atoms with Crippen LogP contribution in [0.2, 0.25) is 0 Å². The SMILES string of the molecule is Cc1ccc(S(=O)(=O)CCn2ccnc2C2CCN(Cc3cccc4c3OCO4)CC2)cc1. The standard InChI is InChI=1S/C25H29N3O4S/c1-19-5-7-22(8-6-19)33(29,30)16-15-28-14-11-26-25(28)20-9-12-27(13-10-20)17-21-3-2-4-23-24(21)32-18-31-23/h2-8,11,14,20H,9-10,12-13,15-18H2,1H3. The fraction of sp³-hybridized carbons (Fsp3) is 0.400.